The van der Waals surface area contributed by atoms with Crippen molar-refractivity contribution in [1.29, 1.82) is 0 Å². The molecule has 2 rings (SSSR count). The number of aromatic nitrogens is 2. The van der Waals surface area contributed by atoms with Crippen molar-refractivity contribution < 1.29 is 4.74 Å². The average molecular weight is 279 g/mol. The maximum atomic E-state index is 5.26. The highest BCUT2D eigenvalue weighted by molar-refractivity contribution is 7.10. The first-order valence-electron chi connectivity index (χ1n) is 6.64. The molecule has 1 atom stereocenters. The fourth-order valence-corrected chi connectivity index (χ4v) is 3.00. The third-order valence-corrected chi connectivity index (χ3v) is 4.10. The van der Waals surface area contributed by atoms with E-state index in [2.05, 4.69) is 41.9 Å². The minimum Gasteiger partial charge on any atom is -0.496 e. The van der Waals surface area contributed by atoms with Crippen molar-refractivity contribution >= 4 is 11.3 Å². The number of hydrogen-bond donors (Lipinski definition) is 1. The van der Waals surface area contributed by atoms with E-state index in [1.165, 1.54) is 10.4 Å². The average Bonchev–Trinajstić information content (AvgIpc) is 3.06. The van der Waals surface area contributed by atoms with Crippen molar-refractivity contribution in [2.24, 2.45) is 0 Å². The number of nitrogens with zero attached hydrogens (tertiary/aromatic N) is 2. The molecule has 2 aromatic heterocycles. The molecule has 1 unspecified atom stereocenters. The van der Waals surface area contributed by atoms with Gasteiger partial charge in [-0.25, -0.2) is 0 Å². The number of likely N-dealkylation sites (N-methyl/N-ethyl adjacent to an activating group) is 1. The Labute approximate surface area is 118 Å². The Morgan fingerprint density at radius 2 is 2.32 bits per heavy atom. The highest BCUT2D eigenvalue weighted by Crippen LogP contribution is 2.28. The van der Waals surface area contributed by atoms with E-state index in [9.17, 15) is 0 Å². The second kappa shape index (κ2) is 6.73. The number of rotatable bonds is 7. The first-order valence-corrected chi connectivity index (χ1v) is 7.51. The van der Waals surface area contributed by atoms with E-state index in [1.807, 2.05) is 10.9 Å². The fourth-order valence-electron chi connectivity index (χ4n) is 2.06. The smallest absolute Gasteiger partial charge is 0.129 e. The normalized spacial score (nSPS) is 12.6. The molecule has 0 saturated carbocycles. The number of methoxy groups -OCH3 is 1. The molecule has 19 heavy (non-hydrogen) atoms. The van der Waals surface area contributed by atoms with Crippen LogP contribution in [-0.2, 0) is 13.0 Å². The van der Waals surface area contributed by atoms with Gasteiger partial charge in [0.25, 0.3) is 0 Å². The summed E-state index contributed by atoms with van der Waals surface area (Å²) in [7, 11) is 1.71. The standard InChI is InChI=1S/C14H21N3OS/c1-4-15-13(14-7-12(18-3)10-19-14)6-11-8-16-17(5-2)9-11/h7-10,13,15H,4-6H2,1-3H3. The summed E-state index contributed by atoms with van der Waals surface area (Å²) in [5, 5.41) is 9.91. The number of aryl methyl sites for hydroxylation is 1. The monoisotopic (exact) mass is 279 g/mol. The zero-order valence-electron chi connectivity index (χ0n) is 11.7. The number of ether oxygens (including phenoxy) is 1. The van der Waals surface area contributed by atoms with Gasteiger partial charge in [0.05, 0.1) is 13.3 Å². The molecule has 0 fully saturated rings. The molecule has 2 heterocycles. The largest absolute Gasteiger partial charge is 0.496 e. The summed E-state index contributed by atoms with van der Waals surface area (Å²) in [5.41, 5.74) is 1.26. The van der Waals surface area contributed by atoms with Gasteiger partial charge < -0.3 is 10.1 Å². The van der Waals surface area contributed by atoms with Gasteiger partial charge >= 0.3 is 0 Å². The molecule has 1 N–H and O–H groups in total. The molecular weight excluding hydrogens is 258 g/mol. The van der Waals surface area contributed by atoms with E-state index < -0.39 is 0 Å². The number of nitrogens with one attached hydrogen (secondary N) is 1. The van der Waals surface area contributed by atoms with E-state index in [1.54, 1.807) is 18.4 Å². The van der Waals surface area contributed by atoms with Crippen LogP contribution in [0, 0.1) is 0 Å². The van der Waals surface area contributed by atoms with E-state index in [0.717, 1.165) is 25.3 Å². The lowest BCUT2D eigenvalue weighted by atomic mass is 10.1. The molecule has 0 spiro atoms. The molecule has 0 aliphatic rings. The SMILES string of the molecule is CCNC(Cc1cnn(CC)c1)c1cc(OC)cs1. The summed E-state index contributed by atoms with van der Waals surface area (Å²) in [4.78, 5) is 1.31. The Balaban J connectivity index is 2.10. The second-order valence-corrected chi connectivity index (χ2v) is 5.35. The minimum absolute atomic E-state index is 0.327. The van der Waals surface area contributed by atoms with Crippen LogP contribution in [-0.4, -0.2) is 23.4 Å². The van der Waals surface area contributed by atoms with E-state index >= 15 is 0 Å². The van der Waals surface area contributed by atoms with Crippen LogP contribution in [0.2, 0.25) is 0 Å². The predicted molar refractivity (Wildman–Crippen MR) is 78.9 cm³/mol. The summed E-state index contributed by atoms with van der Waals surface area (Å²) in [6.45, 7) is 6.10. The number of hydrogen-bond acceptors (Lipinski definition) is 4. The van der Waals surface area contributed by atoms with Crippen LogP contribution >= 0.6 is 11.3 Å². The first-order chi connectivity index (χ1) is 9.26. The third-order valence-electron chi connectivity index (χ3n) is 3.08. The van der Waals surface area contributed by atoms with E-state index in [-0.39, 0.29) is 0 Å². The summed E-state index contributed by atoms with van der Waals surface area (Å²) in [5.74, 6) is 0.937. The lowest BCUT2D eigenvalue weighted by molar-refractivity contribution is 0.415. The molecule has 0 saturated heterocycles. The van der Waals surface area contributed by atoms with Gasteiger partial charge in [-0.2, -0.15) is 5.10 Å². The topological polar surface area (TPSA) is 39.1 Å². The second-order valence-electron chi connectivity index (χ2n) is 4.41. The van der Waals surface area contributed by atoms with Crippen molar-refractivity contribution in [3.05, 3.63) is 34.3 Å². The Bertz CT molecular complexity index is 506. The van der Waals surface area contributed by atoms with E-state index in [0.29, 0.717) is 6.04 Å². The van der Waals surface area contributed by atoms with Gasteiger partial charge in [0, 0.05) is 29.0 Å². The van der Waals surface area contributed by atoms with Crippen molar-refractivity contribution in [2.45, 2.75) is 32.9 Å². The summed E-state index contributed by atoms with van der Waals surface area (Å²) < 4.78 is 7.23. The third kappa shape index (κ3) is 3.58. The highest BCUT2D eigenvalue weighted by atomic mass is 32.1. The summed E-state index contributed by atoms with van der Waals surface area (Å²) in [6, 6.07) is 2.44. The summed E-state index contributed by atoms with van der Waals surface area (Å²) >= 11 is 1.74. The van der Waals surface area contributed by atoms with Crippen molar-refractivity contribution in [3.63, 3.8) is 0 Å². The molecule has 0 aromatic carbocycles. The van der Waals surface area contributed by atoms with Crippen molar-refractivity contribution in [1.82, 2.24) is 15.1 Å². The van der Waals surface area contributed by atoms with E-state index in [4.69, 9.17) is 4.74 Å². The Morgan fingerprint density at radius 1 is 1.47 bits per heavy atom. The van der Waals surface area contributed by atoms with Gasteiger partial charge in [0.1, 0.15) is 5.75 Å². The number of thiophene rings is 1. The molecule has 0 aliphatic carbocycles. The zero-order valence-corrected chi connectivity index (χ0v) is 12.5. The molecule has 2 aromatic rings. The predicted octanol–water partition coefficient (Wildman–Crippen LogP) is 2.87. The molecule has 0 aliphatic heterocycles. The summed E-state index contributed by atoms with van der Waals surface area (Å²) in [6.07, 6.45) is 5.03. The fraction of sp³-hybridized carbons (Fsp3) is 0.500. The molecule has 0 amide bonds. The van der Waals surface area contributed by atoms with Gasteiger partial charge in [-0.1, -0.05) is 6.92 Å². The molecule has 5 heteroatoms. The van der Waals surface area contributed by atoms with Crippen LogP contribution in [0.4, 0.5) is 0 Å². The molecule has 0 bridgehead atoms. The van der Waals surface area contributed by atoms with Crippen LogP contribution in [0.3, 0.4) is 0 Å². The first kappa shape index (κ1) is 14.1. The molecule has 4 nitrogen and oxygen atoms in total. The minimum atomic E-state index is 0.327. The van der Waals surface area contributed by atoms with Crippen LogP contribution in [0.25, 0.3) is 0 Å². The molecule has 104 valence electrons. The van der Waals surface area contributed by atoms with Gasteiger partial charge in [-0.05, 0) is 31.5 Å². The Kier molecular flexibility index (Phi) is 4.99. The lowest BCUT2D eigenvalue weighted by Crippen LogP contribution is -2.21. The lowest BCUT2D eigenvalue weighted by Gasteiger charge is -2.15. The van der Waals surface area contributed by atoms with Gasteiger partial charge in [-0.15, -0.1) is 11.3 Å². The molecule has 0 radical (unpaired) electrons. The zero-order chi connectivity index (χ0) is 13.7. The van der Waals surface area contributed by atoms with Crippen LogP contribution < -0.4 is 10.1 Å². The maximum Gasteiger partial charge on any atom is 0.129 e. The quantitative estimate of drug-likeness (QED) is 0.847. The highest BCUT2D eigenvalue weighted by Gasteiger charge is 2.15. The Morgan fingerprint density at radius 3 is 2.89 bits per heavy atom. The van der Waals surface area contributed by atoms with Crippen LogP contribution in [0.1, 0.15) is 30.3 Å². The van der Waals surface area contributed by atoms with Crippen LogP contribution in [0.5, 0.6) is 5.75 Å². The van der Waals surface area contributed by atoms with Gasteiger partial charge in [0.15, 0.2) is 0 Å². The van der Waals surface area contributed by atoms with Crippen LogP contribution in [0.15, 0.2) is 23.8 Å². The maximum absolute atomic E-state index is 5.26. The Hall–Kier alpha value is -1.33. The van der Waals surface area contributed by atoms with Gasteiger partial charge in [0.2, 0.25) is 0 Å². The van der Waals surface area contributed by atoms with Crippen molar-refractivity contribution in [3.8, 4) is 5.75 Å². The molecular formula is C14H21N3OS. The van der Waals surface area contributed by atoms with Crippen molar-refractivity contribution in [2.75, 3.05) is 13.7 Å². The van der Waals surface area contributed by atoms with Gasteiger partial charge in [-0.3, -0.25) is 4.68 Å².